The number of hydrogen-bond donors (Lipinski definition) is 0. The largest absolute Gasteiger partial charge is 0.462 e. The lowest BCUT2D eigenvalue weighted by molar-refractivity contribution is -0.682. The lowest BCUT2D eigenvalue weighted by Gasteiger charge is -2.01. The predicted octanol–water partition coefficient (Wildman–Crippen LogP) is 2.61. The number of ether oxygens (including phenoxy) is 1. The van der Waals surface area contributed by atoms with Gasteiger partial charge in [0, 0.05) is 29.8 Å². The molecule has 0 amide bonds. The number of pyridine rings is 1. The average Bonchev–Trinajstić information content (AvgIpc) is 2.98. The number of rotatable bonds is 4. The summed E-state index contributed by atoms with van der Waals surface area (Å²) < 4.78 is 6.96. The zero-order valence-corrected chi connectivity index (χ0v) is 12.6. The van der Waals surface area contributed by atoms with Gasteiger partial charge in [-0.15, -0.1) is 0 Å². The molecule has 3 rings (SSSR count). The van der Waals surface area contributed by atoms with Gasteiger partial charge in [0.2, 0.25) is 5.69 Å². The third kappa shape index (κ3) is 2.96. The van der Waals surface area contributed by atoms with E-state index in [-0.39, 0.29) is 11.7 Å². The molecule has 0 radical (unpaired) electrons. The van der Waals surface area contributed by atoms with E-state index in [9.17, 15) is 14.9 Å². The van der Waals surface area contributed by atoms with Crippen molar-refractivity contribution in [2.45, 2.75) is 13.5 Å². The van der Waals surface area contributed by atoms with Crippen LogP contribution in [0.5, 0.6) is 0 Å². The Kier molecular flexibility index (Phi) is 3.89. The minimum Gasteiger partial charge on any atom is -0.462 e. The number of esters is 1. The fourth-order valence-corrected chi connectivity index (χ4v) is 2.54. The lowest BCUT2D eigenvalue weighted by atomic mass is 10.1. The van der Waals surface area contributed by atoms with E-state index in [1.54, 1.807) is 31.3 Å². The Hall–Kier alpha value is -3.02. The molecular formula is C17H15N2O4+. The van der Waals surface area contributed by atoms with Gasteiger partial charge in [-0.3, -0.25) is 10.1 Å². The molecule has 2 aromatic rings. The van der Waals surface area contributed by atoms with Crippen molar-refractivity contribution in [1.82, 2.24) is 0 Å². The molecule has 1 aromatic heterocycles. The van der Waals surface area contributed by atoms with Crippen LogP contribution in [0, 0.1) is 10.1 Å². The molecule has 0 atom stereocenters. The second-order valence-electron chi connectivity index (χ2n) is 5.16. The Morgan fingerprint density at radius 1 is 1.26 bits per heavy atom. The summed E-state index contributed by atoms with van der Waals surface area (Å²) in [5.74, 6) is -0.341. The highest BCUT2D eigenvalue weighted by Gasteiger charge is 2.23. The van der Waals surface area contributed by atoms with Crippen LogP contribution in [-0.2, 0) is 11.3 Å². The highest BCUT2D eigenvalue weighted by molar-refractivity contribution is 5.89. The third-order valence-electron chi connectivity index (χ3n) is 3.68. The maximum Gasteiger partial charge on any atom is 0.344 e. The van der Waals surface area contributed by atoms with Crippen LogP contribution in [0.4, 0.5) is 5.69 Å². The SMILES string of the molecule is CCOC(=O)c1ccc2[n+](c1)CC(c1ccc([N+](=O)[O-])cc1)=C2. The molecule has 0 saturated carbocycles. The number of non-ortho nitro benzene ring substituents is 1. The van der Waals surface area contributed by atoms with Crippen LogP contribution in [0.3, 0.4) is 0 Å². The number of aromatic nitrogens is 1. The normalized spacial score (nSPS) is 12.5. The molecule has 0 fully saturated rings. The van der Waals surface area contributed by atoms with Crippen molar-refractivity contribution < 1.29 is 19.0 Å². The molecule has 1 aliphatic heterocycles. The van der Waals surface area contributed by atoms with Gasteiger partial charge in [0.1, 0.15) is 5.56 Å². The Balaban J connectivity index is 1.83. The number of carbonyl (C=O) groups excluding carboxylic acids is 1. The van der Waals surface area contributed by atoms with Crippen LogP contribution in [0.25, 0.3) is 11.6 Å². The van der Waals surface area contributed by atoms with Crippen LogP contribution in [-0.4, -0.2) is 17.5 Å². The summed E-state index contributed by atoms with van der Waals surface area (Å²) in [6.07, 6.45) is 3.78. The number of nitrogens with zero attached hydrogens (tertiary/aromatic N) is 2. The van der Waals surface area contributed by atoms with Crippen LogP contribution in [0.1, 0.15) is 28.5 Å². The molecule has 116 valence electrons. The minimum absolute atomic E-state index is 0.0714. The first-order valence-corrected chi connectivity index (χ1v) is 7.24. The zero-order valence-electron chi connectivity index (χ0n) is 12.6. The van der Waals surface area contributed by atoms with E-state index in [1.807, 2.05) is 16.7 Å². The molecule has 0 saturated heterocycles. The van der Waals surface area contributed by atoms with Crippen LogP contribution < -0.4 is 4.57 Å². The molecule has 6 heteroatoms. The molecule has 23 heavy (non-hydrogen) atoms. The van der Waals surface area contributed by atoms with Crippen molar-refractivity contribution in [3.05, 3.63) is 69.5 Å². The average molecular weight is 311 g/mol. The summed E-state index contributed by atoms with van der Waals surface area (Å²) in [5.41, 5.74) is 3.53. The quantitative estimate of drug-likeness (QED) is 0.376. The van der Waals surface area contributed by atoms with E-state index in [0.717, 1.165) is 16.8 Å². The Morgan fingerprint density at radius 3 is 2.65 bits per heavy atom. The van der Waals surface area contributed by atoms with Gasteiger partial charge < -0.3 is 4.74 Å². The van der Waals surface area contributed by atoms with E-state index in [0.29, 0.717) is 18.7 Å². The first kappa shape index (κ1) is 14.9. The van der Waals surface area contributed by atoms with E-state index in [2.05, 4.69) is 0 Å². The number of carbonyl (C=O) groups is 1. The van der Waals surface area contributed by atoms with Crippen molar-refractivity contribution in [3.63, 3.8) is 0 Å². The monoisotopic (exact) mass is 311 g/mol. The highest BCUT2D eigenvalue weighted by Crippen LogP contribution is 2.24. The maximum atomic E-state index is 11.8. The standard InChI is InChI=1S/C17H15N2O4/c1-2-23-17(20)13-5-8-16-9-14(11-18(16)10-13)12-3-6-15(7-4-12)19(21)22/h3-10H,2,11H2,1H3/q+1. The van der Waals surface area contributed by atoms with Gasteiger partial charge in [-0.05, 0) is 30.7 Å². The van der Waals surface area contributed by atoms with Gasteiger partial charge in [0.25, 0.3) is 5.69 Å². The fourth-order valence-electron chi connectivity index (χ4n) is 2.54. The van der Waals surface area contributed by atoms with E-state index in [1.165, 1.54) is 12.1 Å². The van der Waals surface area contributed by atoms with Crippen LogP contribution in [0.15, 0.2) is 42.6 Å². The van der Waals surface area contributed by atoms with Crippen LogP contribution in [0.2, 0.25) is 0 Å². The smallest absolute Gasteiger partial charge is 0.344 e. The fraction of sp³-hybridized carbons (Fsp3) is 0.176. The molecule has 0 N–H and O–H groups in total. The summed E-state index contributed by atoms with van der Waals surface area (Å²) in [6.45, 7) is 2.72. The number of nitro groups is 1. The topological polar surface area (TPSA) is 73.3 Å². The molecular weight excluding hydrogens is 296 g/mol. The predicted molar refractivity (Wildman–Crippen MR) is 83.6 cm³/mol. The van der Waals surface area contributed by atoms with Crippen molar-refractivity contribution >= 4 is 23.3 Å². The molecule has 1 aromatic carbocycles. The Morgan fingerprint density at radius 2 is 2.00 bits per heavy atom. The van der Waals surface area contributed by atoms with Gasteiger partial charge >= 0.3 is 5.97 Å². The summed E-state index contributed by atoms with van der Waals surface area (Å²) in [5, 5.41) is 10.7. The summed E-state index contributed by atoms with van der Waals surface area (Å²) >= 11 is 0. The Labute approximate surface area is 132 Å². The zero-order chi connectivity index (χ0) is 16.4. The number of allylic oxidation sites excluding steroid dienone is 1. The van der Waals surface area contributed by atoms with Gasteiger partial charge in [-0.2, -0.15) is 4.57 Å². The summed E-state index contributed by atoms with van der Waals surface area (Å²) in [4.78, 5) is 22.1. The summed E-state index contributed by atoms with van der Waals surface area (Å²) in [7, 11) is 0. The van der Waals surface area contributed by atoms with Crippen molar-refractivity contribution in [2.75, 3.05) is 6.61 Å². The molecule has 0 bridgehead atoms. The first-order chi connectivity index (χ1) is 11.1. The van der Waals surface area contributed by atoms with E-state index in [4.69, 9.17) is 4.74 Å². The summed E-state index contributed by atoms with van der Waals surface area (Å²) in [6, 6.07) is 10.1. The van der Waals surface area contributed by atoms with Gasteiger partial charge in [-0.1, -0.05) is 0 Å². The van der Waals surface area contributed by atoms with E-state index < -0.39 is 4.92 Å². The molecule has 0 aliphatic carbocycles. The minimum atomic E-state index is -0.415. The maximum absolute atomic E-state index is 11.8. The molecule has 0 unspecified atom stereocenters. The molecule has 1 aliphatic rings. The second-order valence-corrected chi connectivity index (χ2v) is 5.16. The molecule has 6 nitrogen and oxygen atoms in total. The van der Waals surface area contributed by atoms with Crippen molar-refractivity contribution in [3.8, 4) is 0 Å². The van der Waals surface area contributed by atoms with Crippen molar-refractivity contribution in [2.24, 2.45) is 0 Å². The van der Waals surface area contributed by atoms with Crippen molar-refractivity contribution in [1.29, 1.82) is 0 Å². The number of hydrogen-bond acceptors (Lipinski definition) is 4. The van der Waals surface area contributed by atoms with Gasteiger partial charge in [0.15, 0.2) is 12.7 Å². The van der Waals surface area contributed by atoms with Gasteiger partial charge in [-0.25, -0.2) is 4.79 Å². The lowest BCUT2D eigenvalue weighted by Crippen LogP contribution is -2.34. The Bertz CT molecular complexity index is 810. The van der Waals surface area contributed by atoms with Crippen LogP contribution >= 0.6 is 0 Å². The van der Waals surface area contributed by atoms with Gasteiger partial charge in [0.05, 0.1) is 11.5 Å². The molecule has 2 heterocycles. The number of benzene rings is 1. The highest BCUT2D eigenvalue weighted by atomic mass is 16.6. The number of fused-ring (bicyclic) bond motifs is 1. The number of nitro benzene ring substituents is 1. The third-order valence-corrected chi connectivity index (χ3v) is 3.68. The van der Waals surface area contributed by atoms with E-state index >= 15 is 0 Å². The molecule has 0 spiro atoms. The second kappa shape index (κ2) is 6.00. The first-order valence-electron chi connectivity index (χ1n) is 7.24.